The highest BCUT2D eigenvalue weighted by Gasteiger charge is 2.03. The molecule has 0 saturated heterocycles. The Morgan fingerprint density at radius 3 is 3.00 bits per heavy atom. The molecule has 0 radical (unpaired) electrons. The summed E-state index contributed by atoms with van der Waals surface area (Å²) in [7, 11) is 0. The molecule has 2 aromatic rings. The minimum Gasteiger partial charge on any atom is -0.427 e. The van der Waals surface area contributed by atoms with Gasteiger partial charge < -0.3 is 9.15 Å². The maximum atomic E-state index is 10.8. The molecule has 0 atom stereocenters. The molecule has 0 aliphatic carbocycles. The van der Waals surface area contributed by atoms with Gasteiger partial charge >= 0.3 is 11.7 Å². The van der Waals surface area contributed by atoms with Crippen LogP contribution in [0.5, 0.6) is 5.75 Å². The van der Waals surface area contributed by atoms with Crippen molar-refractivity contribution in [3.05, 3.63) is 28.7 Å². The van der Waals surface area contributed by atoms with Crippen LogP contribution in [0.15, 0.2) is 27.4 Å². The first-order valence-corrected chi connectivity index (χ1v) is 3.96. The second-order valence-electron chi connectivity index (χ2n) is 2.77. The van der Waals surface area contributed by atoms with Gasteiger partial charge in [0.2, 0.25) is 0 Å². The van der Waals surface area contributed by atoms with Gasteiger partial charge in [-0.1, -0.05) is 0 Å². The largest absolute Gasteiger partial charge is 0.427 e. The van der Waals surface area contributed by atoms with Crippen molar-refractivity contribution in [1.29, 1.82) is 0 Å². The molecule has 5 nitrogen and oxygen atoms in total. The van der Waals surface area contributed by atoms with Gasteiger partial charge in [0, 0.05) is 13.0 Å². The number of esters is 1. The van der Waals surface area contributed by atoms with Gasteiger partial charge in [-0.2, -0.15) is 0 Å². The van der Waals surface area contributed by atoms with Crippen molar-refractivity contribution in [2.24, 2.45) is 0 Å². The zero-order valence-electron chi connectivity index (χ0n) is 7.37. The van der Waals surface area contributed by atoms with Gasteiger partial charge in [0.05, 0.1) is 5.52 Å². The molecule has 5 heteroatoms. The summed E-state index contributed by atoms with van der Waals surface area (Å²) in [5.74, 6) is -0.588. The number of fused-ring (bicyclic) bond motifs is 1. The van der Waals surface area contributed by atoms with Crippen molar-refractivity contribution >= 4 is 17.1 Å². The Morgan fingerprint density at radius 1 is 1.50 bits per heavy atom. The molecule has 0 aliphatic heterocycles. The molecule has 1 N–H and O–H groups in total. The van der Waals surface area contributed by atoms with Crippen LogP contribution in [0.1, 0.15) is 6.92 Å². The van der Waals surface area contributed by atoms with Crippen LogP contribution >= 0.6 is 0 Å². The van der Waals surface area contributed by atoms with E-state index in [1.165, 1.54) is 13.0 Å². The van der Waals surface area contributed by atoms with Crippen molar-refractivity contribution < 1.29 is 13.9 Å². The normalized spacial score (nSPS) is 10.4. The lowest BCUT2D eigenvalue weighted by Crippen LogP contribution is -2.00. The summed E-state index contributed by atoms with van der Waals surface area (Å²) < 4.78 is 9.60. The van der Waals surface area contributed by atoms with Gasteiger partial charge in [-0.05, 0) is 12.1 Å². The minimum absolute atomic E-state index is 0.354. The highest BCUT2D eigenvalue weighted by molar-refractivity contribution is 5.76. The molecule has 0 saturated carbocycles. The van der Waals surface area contributed by atoms with E-state index in [9.17, 15) is 9.59 Å². The van der Waals surface area contributed by atoms with E-state index in [4.69, 9.17) is 9.15 Å². The van der Waals surface area contributed by atoms with E-state index in [1.807, 2.05) is 0 Å². The average molecular weight is 193 g/mol. The van der Waals surface area contributed by atoms with Crippen LogP contribution in [0.2, 0.25) is 0 Å². The van der Waals surface area contributed by atoms with Gasteiger partial charge in [-0.15, -0.1) is 0 Å². The molecule has 1 aromatic heterocycles. The van der Waals surface area contributed by atoms with Crippen molar-refractivity contribution in [1.82, 2.24) is 4.98 Å². The summed E-state index contributed by atoms with van der Waals surface area (Å²) >= 11 is 0. The summed E-state index contributed by atoms with van der Waals surface area (Å²) in [5.41, 5.74) is 0.944. The monoisotopic (exact) mass is 193 g/mol. The summed E-state index contributed by atoms with van der Waals surface area (Å²) in [6.45, 7) is 1.30. The molecule has 0 fully saturated rings. The molecule has 1 heterocycles. The molecule has 0 aliphatic rings. The second kappa shape index (κ2) is 3.02. The first-order chi connectivity index (χ1) is 6.65. The van der Waals surface area contributed by atoms with Gasteiger partial charge in [0.25, 0.3) is 0 Å². The van der Waals surface area contributed by atoms with Crippen LogP contribution in [-0.4, -0.2) is 11.0 Å². The van der Waals surface area contributed by atoms with Gasteiger partial charge in [-0.3, -0.25) is 9.78 Å². The zero-order valence-corrected chi connectivity index (χ0v) is 7.37. The average Bonchev–Trinajstić information content (AvgIpc) is 2.42. The molecule has 0 bridgehead atoms. The molecule has 72 valence electrons. The Morgan fingerprint density at radius 2 is 2.29 bits per heavy atom. The zero-order chi connectivity index (χ0) is 10.1. The Hall–Kier alpha value is -2.04. The molecule has 1 aromatic carbocycles. The number of carbonyl (C=O) groups excluding carboxylic acids is 1. The third-order valence-corrected chi connectivity index (χ3v) is 1.65. The maximum absolute atomic E-state index is 10.8. The molecule has 0 amide bonds. The molecular weight excluding hydrogens is 186 g/mol. The molecule has 0 unspecified atom stereocenters. The number of nitrogens with one attached hydrogen (secondary N) is 1. The highest BCUT2D eigenvalue weighted by Crippen LogP contribution is 2.18. The smallest absolute Gasteiger partial charge is 0.417 e. The first-order valence-electron chi connectivity index (χ1n) is 3.96. The topological polar surface area (TPSA) is 72.3 Å². The minimum atomic E-state index is -0.528. The number of aromatic amines is 1. The third kappa shape index (κ3) is 1.52. The van der Waals surface area contributed by atoms with E-state index in [0.29, 0.717) is 16.8 Å². The van der Waals surface area contributed by atoms with Crippen LogP contribution in [0.3, 0.4) is 0 Å². The van der Waals surface area contributed by atoms with E-state index in [1.54, 1.807) is 12.1 Å². The number of carbonyl (C=O) groups is 1. The Balaban J connectivity index is 2.50. The van der Waals surface area contributed by atoms with Crippen LogP contribution < -0.4 is 10.5 Å². The van der Waals surface area contributed by atoms with E-state index < -0.39 is 11.7 Å². The Bertz CT molecular complexity index is 537. The van der Waals surface area contributed by atoms with Crippen LogP contribution in [0.4, 0.5) is 0 Å². The first kappa shape index (κ1) is 8.55. The molecule has 14 heavy (non-hydrogen) atoms. The predicted molar refractivity (Wildman–Crippen MR) is 48.1 cm³/mol. The SMILES string of the molecule is CC(=O)Oc1ccc2[nH]c(=O)oc2c1. The van der Waals surface area contributed by atoms with Crippen molar-refractivity contribution in [2.75, 3.05) is 0 Å². The number of H-pyrrole nitrogens is 1. The van der Waals surface area contributed by atoms with E-state index in [2.05, 4.69) is 4.98 Å². The van der Waals surface area contributed by atoms with E-state index >= 15 is 0 Å². The fourth-order valence-corrected chi connectivity index (χ4v) is 1.16. The third-order valence-electron chi connectivity index (χ3n) is 1.65. The quantitative estimate of drug-likeness (QED) is 0.542. The molecule has 2 rings (SSSR count). The van der Waals surface area contributed by atoms with E-state index in [-0.39, 0.29) is 0 Å². The highest BCUT2D eigenvalue weighted by atomic mass is 16.5. The van der Waals surface area contributed by atoms with Gasteiger partial charge in [0.15, 0.2) is 5.58 Å². The lowest BCUT2D eigenvalue weighted by Gasteiger charge is -1.98. The number of hydrogen-bond acceptors (Lipinski definition) is 4. The number of hydrogen-bond donors (Lipinski definition) is 1. The fraction of sp³-hybridized carbons (Fsp3) is 0.111. The number of rotatable bonds is 1. The van der Waals surface area contributed by atoms with Crippen molar-refractivity contribution in [2.45, 2.75) is 6.92 Å². The number of benzene rings is 1. The van der Waals surface area contributed by atoms with Gasteiger partial charge in [-0.25, -0.2) is 4.79 Å². The molecular formula is C9H7NO4. The number of ether oxygens (including phenoxy) is 1. The summed E-state index contributed by atoms with van der Waals surface area (Å²) in [6.07, 6.45) is 0. The standard InChI is InChI=1S/C9H7NO4/c1-5(11)13-6-2-3-7-8(4-6)14-9(12)10-7/h2-4H,1H3,(H,10,12). The van der Waals surface area contributed by atoms with Gasteiger partial charge in [0.1, 0.15) is 5.75 Å². The predicted octanol–water partition coefficient (Wildman–Crippen LogP) is 1.05. The lowest BCUT2D eigenvalue weighted by atomic mass is 10.3. The van der Waals surface area contributed by atoms with Crippen LogP contribution in [-0.2, 0) is 4.79 Å². The Kier molecular flexibility index (Phi) is 1.85. The number of aromatic nitrogens is 1. The van der Waals surface area contributed by atoms with Crippen LogP contribution in [0, 0.1) is 0 Å². The fourth-order valence-electron chi connectivity index (χ4n) is 1.16. The van der Waals surface area contributed by atoms with E-state index in [0.717, 1.165) is 0 Å². The Labute approximate surface area is 78.3 Å². The maximum Gasteiger partial charge on any atom is 0.417 e. The van der Waals surface area contributed by atoms with Crippen molar-refractivity contribution in [3.63, 3.8) is 0 Å². The van der Waals surface area contributed by atoms with Crippen molar-refractivity contribution in [3.8, 4) is 5.75 Å². The summed E-state index contributed by atoms with van der Waals surface area (Å²) in [6, 6.07) is 4.67. The summed E-state index contributed by atoms with van der Waals surface area (Å²) in [5, 5.41) is 0. The lowest BCUT2D eigenvalue weighted by molar-refractivity contribution is -0.131. The molecule has 0 spiro atoms. The summed E-state index contributed by atoms with van der Waals surface area (Å²) in [4.78, 5) is 23.9. The second-order valence-corrected chi connectivity index (χ2v) is 2.77. The van der Waals surface area contributed by atoms with Crippen LogP contribution in [0.25, 0.3) is 11.1 Å². The number of oxazole rings is 1.